The van der Waals surface area contributed by atoms with Gasteiger partial charge in [0.05, 0.1) is 11.3 Å². The van der Waals surface area contributed by atoms with E-state index in [9.17, 15) is 4.79 Å². The SMILES string of the molecule is Cc1c(OCc2cn3ccsc3n2)cccc1C(=O)O. The molecule has 0 aliphatic heterocycles. The zero-order valence-corrected chi connectivity index (χ0v) is 11.6. The number of aromatic nitrogens is 2. The molecule has 0 amide bonds. The third-order valence-electron chi connectivity index (χ3n) is 3.03. The van der Waals surface area contributed by atoms with Gasteiger partial charge in [0.15, 0.2) is 4.96 Å². The maximum Gasteiger partial charge on any atom is 0.336 e. The van der Waals surface area contributed by atoms with Crippen molar-refractivity contribution < 1.29 is 14.6 Å². The summed E-state index contributed by atoms with van der Waals surface area (Å²) in [5.74, 6) is -0.378. The molecule has 0 aliphatic carbocycles. The van der Waals surface area contributed by atoms with E-state index in [4.69, 9.17) is 9.84 Å². The van der Waals surface area contributed by atoms with Crippen LogP contribution in [-0.4, -0.2) is 20.5 Å². The number of carboxylic acids is 1. The number of carbonyl (C=O) groups is 1. The molecule has 0 unspecified atom stereocenters. The lowest BCUT2D eigenvalue weighted by Crippen LogP contribution is -2.03. The van der Waals surface area contributed by atoms with Gasteiger partial charge in [0, 0.05) is 23.3 Å². The van der Waals surface area contributed by atoms with Gasteiger partial charge < -0.3 is 9.84 Å². The Morgan fingerprint density at radius 3 is 3.10 bits per heavy atom. The minimum Gasteiger partial charge on any atom is -0.487 e. The quantitative estimate of drug-likeness (QED) is 0.801. The second-order valence-corrected chi connectivity index (χ2v) is 5.22. The van der Waals surface area contributed by atoms with E-state index >= 15 is 0 Å². The molecule has 3 rings (SSSR count). The molecule has 1 N–H and O–H groups in total. The van der Waals surface area contributed by atoms with E-state index in [-0.39, 0.29) is 5.56 Å². The van der Waals surface area contributed by atoms with E-state index in [1.54, 1.807) is 36.5 Å². The zero-order chi connectivity index (χ0) is 14.1. The predicted molar refractivity (Wildman–Crippen MR) is 75.5 cm³/mol. The van der Waals surface area contributed by atoms with Gasteiger partial charge >= 0.3 is 5.97 Å². The number of benzene rings is 1. The smallest absolute Gasteiger partial charge is 0.336 e. The standard InChI is InChI=1S/C14H12N2O3S/c1-9-11(13(17)18)3-2-4-12(9)19-8-10-7-16-5-6-20-14(16)15-10/h2-7H,8H2,1H3,(H,17,18). The van der Waals surface area contributed by atoms with Gasteiger partial charge in [-0.15, -0.1) is 11.3 Å². The molecule has 0 radical (unpaired) electrons. The van der Waals surface area contributed by atoms with Gasteiger partial charge in [-0.3, -0.25) is 4.40 Å². The van der Waals surface area contributed by atoms with Gasteiger partial charge in [-0.05, 0) is 19.1 Å². The number of fused-ring (bicyclic) bond motifs is 1. The Labute approximate surface area is 119 Å². The van der Waals surface area contributed by atoms with E-state index in [0.717, 1.165) is 10.7 Å². The number of aromatic carboxylic acids is 1. The van der Waals surface area contributed by atoms with Crippen LogP contribution in [0.2, 0.25) is 0 Å². The van der Waals surface area contributed by atoms with Crippen molar-refractivity contribution in [3.8, 4) is 5.75 Å². The Balaban J connectivity index is 1.80. The van der Waals surface area contributed by atoms with Crippen LogP contribution in [0.5, 0.6) is 5.75 Å². The topological polar surface area (TPSA) is 63.8 Å². The van der Waals surface area contributed by atoms with E-state index in [2.05, 4.69) is 4.98 Å². The molecule has 20 heavy (non-hydrogen) atoms. The number of nitrogens with zero attached hydrogens (tertiary/aromatic N) is 2. The van der Waals surface area contributed by atoms with Crippen LogP contribution in [0, 0.1) is 6.92 Å². The minimum absolute atomic E-state index is 0.258. The summed E-state index contributed by atoms with van der Waals surface area (Å²) in [5, 5.41) is 11.0. The molecular weight excluding hydrogens is 276 g/mol. The number of hydrogen-bond acceptors (Lipinski definition) is 4. The lowest BCUT2D eigenvalue weighted by atomic mass is 10.1. The van der Waals surface area contributed by atoms with Crippen LogP contribution in [0.25, 0.3) is 4.96 Å². The number of imidazole rings is 1. The highest BCUT2D eigenvalue weighted by Crippen LogP contribution is 2.22. The first kappa shape index (κ1) is 12.7. The van der Waals surface area contributed by atoms with Crippen LogP contribution in [0.3, 0.4) is 0 Å². The highest BCUT2D eigenvalue weighted by molar-refractivity contribution is 7.15. The first-order chi connectivity index (χ1) is 9.65. The average molecular weight is 288 g/mol. The van der Waals surface area contributed by atoms with Gasteiger partial charge in [0.1, 0.15) is 12.4 Å². The van der Waals surface area contributed by atoms with E-state index in [1.807, 2.05) is 22.2 Å². The molecule has 0 atom stereocenters. The van der Waals surface area contributed by atoms with Crippen molar-refractivity contribution >= 4 is 22.3 Å². The Kier molecular flexibility index (Phi) is 3.15. The Hall–Kier alpha value is -2.34. The van der Waals surface area contributed by atoms with Crippen LogP contribution in [0.4, 0.5) is 0 Å². The highest BCUT2D eigenvalue weighted by atomic mass is 32.1. The Morgan fingerprint density at radius 1 is 1.50 bits per heavy atom. The molecule has 6 heteroatoms. The summed E-state index contributed by atoms with van der Waals surface area (Å²) in [6.45, 7) is 2.06. The zero-order valence-electron chi connectivity index (χ0n) is 10.7. The molecule has 5 nitrogen and oxygen atoms in total. The molecule has 102 valence electrons. The second-order valence-electron chi connectivity index (χ2n) is 4.35. The fourth-order valence-corrected chi connectivity index (χ4v) is 2.72. The Bertz CT molecular complexity index is 747. The van der Waals surface area contributed by atoms with Crippen molar-refractivity contribution in [2.75, 3.05) is 0 Å². The summed E-state index contributed by atoms with van der Waals surface area (Å²) in [7, 11) is 0. The van der Waals surface area contributed by atoms with Crippen LogP contribution in [-0.2, 0) is 6.61 Å². The monoisotopic (exact) mass is 288 g/mol. The van der Waals surface area contributed by atoms with Crippen molar-refractivity contribution in [3.05, 3.63) is 52.8 Å². The minimum atomic E-state index is -0.949. The molecule has 0 spiro atoms. The predicted octanol–water partition coefficient (Wildman–Crippen LogP) is 2.98. The van der Waals surface area contributed by atoms with Gasteiger partial charge in [-0.1, -0.05) is 6.07 Å². The first-order valence-electron chi connectivity index (χ1n) is 6.02. The van der Waals surface area contributed by atoms with E-state index < -0.39 is 5.97 Å². The van der Waals surface area contributed by atoms with Crippen molar-refractivity contribution in [2.45, 2.75) is 13.5 Å². The number of thiazole rings is 1. The maximum atomic E-state index is 11.1. The fourth-order valence-electron chi connectivity index (χ4n) is 2.00. The summed E-state index contributed by atoms with van der Waals surface area (Å²) in [5.41, 5.74) is 1.70. The largest absolute Gasteiger partial charge is 0.487 e. The molecule has 0 saturated heterocycles. The lowest BCUT2D eigenvalue weighted by Gasteiger charge is -2.09. The molecule has 0 saturated carbocycles. The number of rotatable bonds is 4. The van der Waals surface area contributed by atoms with Crippen molar-refractivity contribution in [1.29, 1.82) is 0 Å². The lowest BCUT2D eigenvalue weighted by molar-refractivity contribution is 0.0695. The van der Waals surface area contributed by atoms with Gasteiger partial charge in [0.25, 0.3) is 0 Å². The molecule has 0 aliphatic rings. The molecule has 3 aromatic rings. The van der Waals surface area contributed by atoms with Crippen molar-refractivity contribution in [3.63, 3.8) is 0 Å². The summed E-state index contributed by atoms with van der Waals surface area (Å²) in [6.07, 6.45) is 3.84. The molecule has 1 aromatic carbocycles. The third kappa shape index (κ3) is 2.25. The summed E-state index contributed by atoms with van der Waals surface area (Å²) >= 11 is 1.56. The maximum absolute atomic E-state index is 11.1. The number of hydrogen-bond donors (Lipinski definition) is 1. The molecule has 0 fully saturated rings. The van der Waals surface area contributed by atoms with Crippen molar-refractivity contribution in [1.82, 2.24) is 9.38 Å². The molecule has 2 aromatic heterocycles. The summed E-state index contributed by atoms with van der Waals surface area (Å²) in [6, 6.07) is 5.01. The highest BCUT2D eigenvalue weighted by Gasteiger charge is 2.11. The van der Waals surface area contributed by atoms with Gasteiger partial charge in [0.2, 0.25) is 0 Å². The van der Waals surface area contributed by atoms with Gasteiger partial charge in [-0.2, -0.15) is 0 Å². The van der Waals surface area contributed by atoms with Crippen LogP contribution >= 0.6 is 11.3 Å². The van der Waals surface area contributed by atoms with E-state index in [1.165, 1.54) is 0 Å². The van der Waals surface area contributed by atoms with Crippen LogP contribution < -0.4 is 4.74 Å². The first-order valence-corrected chi connectivity index (χ1v) is 6.90. The van der Waals surface area contributed by atoms with E-state index in [0.29, 0.717) is 17.9 Å². The molecular formula is C14H12N2O3S. The average Bonchev–Trinajstić information content (AvgIpc) is 2.97. The number of carboxylic acid groups (broad SMARTS) is 1. The van der Waals surface area contributed by atoms with Crippen molar-refractivity contribution in [2.24, 2.45) is 0 Å². The molecule has 2 heterocycles. The number of ether oxygens (including phenoxy) is 1. The summed E-state index contributed by atoms with van der Waals surface area (Å²) < 4.78 is 7.61. The third-order valence-corrected chi connectivity index (χ3v) is 3.80. The van der Waals surface area contributed by atoms with Crippen LogP contribution in [0.1, 0.15) is 21.6 Å². The normalized spacial score (nSPS) is 10.8. The second kappa shape index (κ2) is 4.97. The van der Waals surface area contributed by atoms with Gasteiger partial charge in [-0.25, -0.2) is 9.78 Å². The van der Waals surface area contributed by atoms with Crippen LogP contribution in [0.15, 0.2) is 36.0 Å². The fraction of sp³-hybridized carbons (Fsp3) is 0.143. The summed E-state index contributed by atoms with van der Waals surface area (Å²) in [4.78, 5) is 16.4. The molecule has 0 bridgehead atoms. The Morgan fingerprint density at radius 2 is 2.35 bits per heavy atom.